The van der Waals surface area contributed by atoms with E-state index in [-0.39, 0.29) is 11.6 Å². The third-order valence-electron chi connectivity index (χ3n) is 3.08. The number of nitrogens with one attached hydrogen (secondary N) is 1. The molecule has 2 aliphatic rings. The van der Waals surface area contributed by atoms with E-state index in [2.05, 4.69) is 10.3 Å². The molecule has 1 N–H and O–H groups in total. The molecule has 6 heteroatoms. The predicted octanol–water partition coefficient (Wildman–Crippen LogP) is -0.733. The van der Waals surface area contributed by atoms with Gasteiger partial charge in [0.15, 0.2) is 6.04 Å². The SMILES string of the molecule is O=C1NCCC2=c3cc([N+](=O)[O-])ccc3=N[C@H]12. The zero-order valence-corrected chi connectivity index (χ0v) is 8.84. The third kappa shape index (κ3) is 1.41. The number of piperidine rings is 1. The average Bonchev–Trinajstić information content (AvgIpc) is 2.68. The van der Waals surface area contributed by atoms with Crippen molar-refractivity contribution in [3.05, 3.63) is 38.9 Å². The highest BCUT2D eigenvalue weighted by Crippen LogP contribution is 2.18. The van der Waals surface area contributed by atoms with Crippen molar-refractivity contribution >= 4 is 17.2 Å². The Labute approximate surface area is 95.8 Å². The molecule has 1 amide bonds. The topological polar surface area (TPSA) is 84.6 Å². The van der Waals surface area contributed by atoms with Gasteiger partial charge in [0, 0.05) is 23.9 Å². The van der Waals surface area contributed by atoms with Gasteiger partial charge in [-0.25, -0.2) is 0 Å². The summed E-state index contributed by atoms with van der Waals surface area (Å²) in [6, 6.07) is 4.04. The number of nitro benzene ring substituents is 1. The van der Waals surface area contributed by atoms with Crippen molar-refractivity contribution in [1.29, 1.82) is 0 Å². The normalized spacial score (nSPS) is 21.3. The Morgan fingerprint density at radius 2 is 2.29 bits per heavy atom. The van der Waals surface area contributed by atoms with E-state index in [1.54, 1.807) is 6.07 Å². The molecule has 86 valence electrons. The summed E-state index contributed by atoms with van der Waals surface area (Å²) in [6.07, 6.45) is 0.702. The van der Waals surface area contributed by atoms with Crippen LogP contribution in [0, 0.1) is 10.1 Å². The number of fused-ring (bicyclic) bond motifs is 2. The number of amides is 1. The standard InChI is InChI=1S/C11H9N3O3/c15-11-10-7(3-4-12-11)8-5-6(14(16)17)1-2-9(8)13-10/h1-2,5,10H,3-4H2,(H,12,15)/t10-/m0/s1. The summed E-state index contributed by atoms with van der Waals surface area (Å²) >= 11 is 0. The molecule has 1 fully saturated rings. The van der Waals surface area contributed by atoms with Crippen LogP contribution in [0.2, 0.25) is 0 Å². The second-order valence-electron chi connectivity index (χ2n) is 4.06. The Kier molecular flexibility index (Phi) is 1.98. The smallest absolute Gasteiger partial charge is 0.270 e. The molecule has 1 atom stereocenters. The van der Waals surface area contributed by atoms with Crippen LogP contribution in [0.5, 0.6) is 0 Å². The fraction of sp³-hybridized carbons (Fsp3) is 0.273. The van der Waals surface area contributed by atoms with Crippen LogP contribution in [0.15, 0.2) is 23.2 Å². The largest absolute Gasteiger partial charge is 0.354 e. The lowest BCUT2D eigenvalue weighted by molar-refractivity contribution is -0.385. The highest BCUT2D eigenvalue weighted by Gasteiger charge is 2.30. The highest BCUT2D eigenvalue weighted by molar-refractivity contribution is 5.94. The second-order valence-corrected chi connectivity index (χ2v) is 4.06. The summed E-state index contributed by atoms with van der Waals surface area (Å²) in [4.78, 5) is 26.2. The number of hydrogen-bond acceptors (Lipinski definition) is 4. The number of nitrogens with zero attached hydrogens (tertiary/aromatic N) is 2. The molecule has 1 aromatic carbocycles. The van der Waals surface area contributed by atoms with Crippen molar-refractivity contribution in [3.8, 4) is 0 Å². The van der Waals surface area contributed by atoms with Gasteiger partial charge in [0.1, 0.15) is 0 Å². The van der Waals surface area contributed by atoms with Gasteiger partial charge in [-0.3, -0.25) is 19.9 Å². The Hall–Kier alpha value is -2.24. The molecule has 0 bridgehead atoms. The van der Waals surface area contributed by atoms with Crippen molar-refractivity contribution in [3.63, 3.8) is 0 Å². The maximum atomic E-state index is 11.6. The molecule has 0 radical (unpaired) electrons. The van der Waals surface area contributed by atoms with E-state index in [4.69, 9.17) is 0 Å². The Morgan fingerprint density at radius 3 is 3.06 bits per heavy atom. The van der Waals surface area contributed by atoms with Crippen LogP contribution in [-0.2, 0) is 4.79 Å². The lowest BCUT2D eigenvalue weighted by Crippen LogP contribution is -2.40. The van der Waals surface area contributed by atoms with Crippen LogP contribution in [0.4, 0.5) is 5.69 Å². The van der Waals surface area contributed by atoms with Crippen molar-refractivity contribution in [1.82, 2.24) is 5.32 Å². The number of carbonyl (C=O) groups is 1. The number of carbonyl (C=O) groups excluding carboxylic acids is 1. The fourth-order valence-electron chi connectivity index (χ4n) is 2.28. The summed E-state index contributed by atoms with van der Waals surface area (Å²) < 4.78 is 0. The molecule has 1 aromatic rings. The van der Waals surface area contributed by atoms with E-state index in [0.29, 0.717) is 18.3 Å². The van der Waals surface area contributed by atoms with E-state index in [9.17, 15) is 14.9 Å². The highest BCUT2D eigenvalue weighted by atomic mass is 16.6. The fourth-order valence-corrected chi connectivity index (χ4v) is 2.28. The molecule has 3 rings (SSSR count). The summed E-state index contributed by atoms with van der Waals surface area (Å²) in [5.41, 5.74) is 0.936. The van der Waals surface area contributed by atoms with E-state index >= 15 is 0 Å². The average molecular weight is 231 g/mol. The maximum absolute atomic E-state index is 11.6. The molecule has 0 spiro atoms. The Bertz CT molecular complexity index is 650. The van der Waals surface area contributed by atoms with Gasteiger partial charge in [-0.1, -0.05) is 0 Å². The van der Waals surface area contributed by atoms with Crippen molar-refractivity contribution in [2.75, 3.05) is 6.54 Å². The van der Waals surface area contributed by atoms with Crippen molar-refractivity contribution < 1.29 is 9.72 Å². The van der Waals surface area contributed by atoms with Crippen LogP contribution in [-0.4, -0.2) is 23.4 Å². The molecule has 6 nitrogen and oxygen atoms in total. The molecule has 0 saturated carbocycles. The van der Waals surface area contributed by atoms with Crippen LogP contribution >= 0.6 is 0 Å². The van der Waals surface area contributed by atoms with E-state index in [1.165, 1.54) is 12.1 Å². The first kappa shape index (κ1) is 9.95. The molecular weight excluding hydrogens is 222 g/mol. The zero-order chi connectivity index (χ0) is 12.0. The first-order valence-corrected chi connectivity index (χ1v) is 5.30. The Balaban J connectivity index is 2.26. The summed E-state index contributed by atoms with van der Waals surface area (Å²) in [6.45, 7) is 0.572. The molecule has 2 heterocycles. The molecule has 0 unspecified atom stereocenters. The number of hydrogen-bond donors (Lipinski definition) is 1. The molecule has 17 heavy (non-hydrogen) atoms. The summed E-state index contributed by atoms with van der Waals surface area (Å²) in [5, 5.41) is 14.9. The molecule has 2 aliphatic heterocycles. The lowest BCUT2D eigenvalue weighted by Gasteiger charge is -2.18. The van der Waals surface area contributed by atoms with Crippen LogP contribution in [0.3, 0.4) is 0 Å². The van der Waals surface area contributed by atoms with Gasteiger partial charge in [0.05, 0.1) is 10.3 Å². The predicted molar refractivity (Wildman–Crippen MR) is 58.7 cm³/mol. The minimum Gasteiger partial charge on any atom is -0.354 e. The molecule has 0 aromatic heterocycles. The van der Waals surface area contributed by atoms with Gasteiger partial charge >= 0.3 is 0 Å². The van der Waals surface area contributed by atoms with Gasteiger partial charge in [0.25, 0.3) is 5.69 Å². The summed E-state index contributed by atoms with van der Waals surface area (Å²) in [5.74, 6) is -0.120. The monoisotopic (exact) mass is 231 g/mol. The number of rotatable bonds is 1. The number of nitro groups is 1. The van der Waals surface area contributed by atoms with Crippen molar-refractivity contribution in [2.45, 2.75) is 12.5 Å². The molecule has 0 aliphatic carbocycles. The second kappa shape index (κ2) is 3.38. The lowest BCUT2D eigenvalue weighted by atomic mass is 9.99. The molecule has 1 saturated heterocycles. The van der Waals surface area contributed by atoms with Gasteiger partial charge in [0.2, 0.25) is 5.91 Å². The van der Waals surface area contributed by atoms with Crippen LogP contribution in [0.25, 0.3) is 5.57 Å². The summed E-state index contributed by atoms with van der Waals surface area (Å²) in [7, 11) is 0. The quantitative estimate of drug-likeness (QED) is 0.510. The van der Waals surface area contributed by atoms with Crippen LogP contribution in [0.1, 0.15) is 6.42 Å². The first-order valence-electron chi connectivity index (χ1n) is 5.30. The molecular formula is C11H9N3O3. The number of benzene rings is 1. The zero-order valence-electron chi connectivity index (χ0n) is 8.84. The van der Waals surface area contributed by atoms with E-state index in [0.717, 1.165) is 10.8 Å². The number of non-ortho nitro benzene ring substituents is 1. The Morgan fingerprint density at radius 1 is 1.47 bits per heavy atom. The third-order valence-corrected chi connectivity index (χ3v) is 3.08. The first-order chi connectivity index (χ1) is 8.16. The van der Waals surface area contributed by atoms with E-state index < -0.39 is 11.0 Å². The van der Waals surface area contributed by atoms with Crippen molar-refractivity contribution in [2.24, 2.45) is 4.99 Å². The minimum atomic E-state index is -0.485. The van der Waals surface area contributed by atoms with E-state index in [1.807, 2.05) is 0 Å². The maximum Gasteiger partial charge on any atom is 0.270 e. The van der Waals surface area contributed by atoms with Gasteiger partial charge in [-0.2, -0.15) is 0 Å². The van der Waals surface area contributed by atoms with Crippen LogP contribution < -0.4 is 15.9 Å². The van der Waals surface area contributed by atoms with Gasteiger partial charge in [-0.15, -0.1) is 0 Å². The van der Waals surface area contributed by atoms with Gasteiger partial charge in [-0.05, 0) is 18.1 Å². The minimum absolute atomic E-state index is 0.0399. The van der Waals surface area contributed by atoms with Gasteiger partial charge < -0.3 is 5.32 Å².